The van der Waals surface area contributed by atoms with Crippen LogP contribution in [0, 0.1) is 11.6 Å². The highest BCUT2D eigenvalue weighted by Crippen LogP contribution is 2.22. The lowest BCUT2D eigenvalue weighted by molar-refractivity contribution is 0.425. The zero-order valence-corrected chi connectivity index (χ0v) is 18.3. The van der Waals surface area contributed by atoms with Gasteiger partial charge in [-0.3, -0.25) is 4.98 Å². The van der Waals surface area contributed by atoms with E-state index in [1.165, 1.54) is 55.0 Å². The van der Waals surface area contributed by atoms with Gasteiger partial charge in [-0.05, 0) is 41.9 Å². The number of benzene rings is 2. The number of aromatic nitrogens is 4. The second kappa shape index (κ2) is 13.0. The van der Waals surface area contributed by atoms with Crippen molar-refractivity contribution >= 4 is 47.4 Å². The standard InChI is InChI=1S/C10H6ClFN2.C6H6BFO2.C4H2Cl2N2/c11-10-9(13-5-6-14-10)7-1-3-8(12)4-2-7;8-6-3-1-5(2-4-6)7(9)10;5-3-4(6)8-2-1-7-3/h1-6H;1-4,9-10H;1-2H. The van der Waals surface area contributed by atoms with Crippen LogP contribution in [0.2, 0.25) is 15.5 Å². The third-order valence-electron chi connectivity index (χ3n) is 3.55. The largest absolute Gasteiger partial charge is 0.488 e. The first-order valence-electron chi connectivity index (χ1n) is 8.74. The van der Waals surface area contributed by atoms with E-state index in [2.05, 4.69) is 19.9 Å². The fourth-order valence-corrected chi connectivity index (χ4v) is 2.49. The maximum absolute atomic E-state index is 12.6. The van der Waals surface area contributed by atoms with Gasteiger partial charge in [0.2, 0.25) is 0 Å². The van der Waals surface area contributed by atoms with E-state index in [0.717, 1.165) is 5.56 Å². The smallest absolute Gasteiger partial charge is 0.423 e. The summed E-state index contributed by atoms with van der Waals surface area (Å²) in [7, 11) is -1.51. The molecule has 164 valence electrons. The molecule has 2 heterocycles. The molecule has 0 spiro atoms. The van der Waals surface area contributed by atoms with Crippen molar-refractivity contribution < 1.29 is 18.8 Å². The number of hydrogen-bond donors (Lipinski definition) is 2. The molecule has 0 aliphatic rings. The SMILES string of the molecule is Clc1nccnc1Cl.Fc1ccc(-c2nccnc2Cl)cc1.OB(O)c1ccc(F)cc1. The van der Waals surface area contributed by atoms with E-state index in [0.29, 0.717) is 16.3 Å². The highest BCUT2D eigenvalue weighted by molar-refractivity contribution is 6.58. The van der Waals surface area contributed by atoms with E-state index in [1.54, 1.807) is 18.3 Å². The maximum Gasteiger partial charge on any atom is 0.488 e. The van der Waals surface area contributed by atoms with Crippen molar-refractivity contribution in [1.29, 1.82) is 0 Å². The Morgan fingerprint density at radius 1 is 0.594 bits per heavy atom. The van der Waals surface area contributed by atoms with Gasteiger partial charge in [-0.2, -0.15) is 0 Å². The zero-order valence-electron chi connectivity index (χ0n) is 16.1. The minimum Gasteiger partial charge on any atom is -0.423 e. The van der Waals surface area contributed by atoms with Crippen molar-refractivity contribution in [3.05, 3.63) is 100 Å². The molecule has 4 rings (SSSR count). The lowest BCUT2D eigenvalue weighted by Crippen LogP contribution is -2.29. The van der Waals surface area contributed by atoms with E-state index in [9.17, 15) is 8.78 Å². The third kappa shape index (κ3) is 8.45. The minimum atomic E-state index is -1.51. The number of nitrogens with zero attached hydrogens (tertiary/aromatic N) is 4. The van der Waals surface area contributed by atoms with Crippen LogP contribution in [0.1, 0.15) is 0 Å². The van der Waals surface area contributed by atoms with Crippen LogP contribution < -0.4 is 5.46 Å². The van der Waals surface area contributed by atoms with Gasteiger partial charge in [0.15, 0.2) is 15.5 Å². The Balaban J connectivity index is 0.000000178. The van der Waals surface area contributed by atoms with E-state index in [4.69, 9.17) is 44.9 Å². The molecule has 0 amide bonds. The Labute approximate surface area is 197 Å². The van der Waals surface area contributed by atoms with Gasteiger partial charge in [0.1, 0.15) is 17.3 Å². The van der Waals surface area contributed by atoms with Gasteiger partial charge in [0.25, 0.3) is 0 Å². The van der Waals surface area contributed by atoms with E-state index < -0.39 is 7.12 Å². The van der Waals surface area contributed by atoms with Crippen LogP contribution in [0.5, 0.6) is 0 Å². The molecule has 0 fully saturated rings. The minimum absolute atomic E-state index is 0.245. The van der Waals surface area contributed by atoms with Crippen LogP contribution in [-0.4, -0.2) is 37.1 Å². The lowest BCUT2D eigenvalue weighted by Gasteiger charge is -2.01. The highest BCUT2D eigenvalue weighted by Gasteiger charge is 2.09. The topological polar surface area (TPSA) is 92.0 Å². The Kier molecular flexibility index (Phi) is 10.4. The van der Waals surface area contributed by atoms with Crippen molar-refractivity contribution in [2.45, 2.75) is 0 Å². The first-order chi connectivity index (χ1) is 15.3. The fraction of sp³-hybridized carbons (Fsp3) is 0. The van der Waals surface area contributed by atoms with Crippen molar-refractivity contribution in [2.75, 3.05) is 0 Å². The second-order valence-corrected chi connectivity index (χ2v) is 6.84. The van der Waals surface area contributed by atoms with Gasteiger partial charge >= 0.3 is 7.12 Å². The Morgan fingerprint density at radius 2 is 1.00 bits per heavy atom. The molecular formula is C20H14BCl3F2N4O2. The molecule has 12 heteroatoms. The summed E-state index contributed by atoms with van der Waals surface area (Å²) in [5, 5.41) is 17.9. The van der Waals surface area contributed by atoms with Crippen LogP contribution in [-0.2, 0) is 0 Å². The number of halogens is 5. The molecule has 0 bridgehead atoms. The Hall–Kier alpha value is -2.69. The first kappa shape index (κ1) is 25.6. The van der Waals surface area contributed by atoms with Crippen LogP contribution >= 0.6 is 34.8 Å². The summed E-state index contributed by atoms with van der Waals surface area (Å²) in [6, 6.07) is 10.9. The predicted molar refractivity (Wildman–Crippen MR) is 121 cm³/mol. The molecule has 2 N–H and O–H groups in total. The summed E-state index contributed by atoms with van der Waals surface area (Å²) in [5.74, 6) is -0.668. The zero-order chi connectivity index (χ0) is 23.5. The first-order valence-corrected chi connectivity index (χ1v) is 9.87. The average Bonchev–Trinajstić information content (AvgIpc) is 2.78. The summed E-state index contributed by atoms with van der Waals surface area (Å²) in [6.45, 7) is 0. The number of rotatable bonds is 2. The van der Waals surface area contributed by atoms with E-state index in [1.807, 2.05) is 0 Å². The van der Waals surface area contributed by atoms with Gasteiger partial charge in [-0.15, -0.1) is 0 Å². The molecule has 32 heavy (non-hydrogen) atoms. The molecule has 0 atom stereocenters. The summed E-state index contributed by atoms with van der Waals surface area (Å²) >= 11 is 16.6. The van der Waals surface area contributed by atoms with E-state index in [-0.39, 0.29) is 21.9 Å². The second-order valence-electron chi connectivity index (χ2n) is 5.77. The van der Waals surface area contributed by atoms with Crippen LogP contribution in [0.3, 0.4) is 0 Å². The fourth-order valence-electron chi connectivity index (χ4n) is 2.06. The summed E-state index contributed by atoms with van der Waals surface area (Å²) in [5.41, 5.74) is 1.61. The van der Waals surface area contributed by atoms with Crippen LogP contribution in [0.4, 0.5) is 8.78 Å². The molecule has 0 saturated heterocycles. The number of hydrogen-bond acceptors (Lipinski definition) is 6. The highest BCUT2D eigenvalue weighted by atomic mass is 35.5. The molecular weight excluding hydrogens is 483 g/mol. The molecule has 2 aromatic carbocycles. The average molecular weight is 498 g/mol. The lowest BCUT2D eigenvalue weighted by atomic mass is 9.80. The molecule has 0 saturated carbocycles. The van der Waals surface area contributed by atoms with Crippen molar-refractivity contribution in [2.24, 2.45) is 0 Å². The maximum atomic E-state index is 12.6. The normalized spacial score (nSPS) is 9.72. The molecule has 0 aliphatic heterocycles. The van der Waals surface area contributed by atoms with Gasteiger partial charge in [-0.25, -0.2) is 23.7 Å². The van der Waals surface area contributed by atoms with Crippen LogP contribution in [0.15, 0.2) is 73.3 Å². The van der Waals surface area contributed by atoms with E-state index >= 15 is 0 Å². The molecule has 6 nitrogen and oxygen atoms in total. The van der Waals surface area contributed by atoms with Gasteiger partial charge in [-0.1, -0.05) is 46.9 Å². The Bertz CT molecular complexity index is 1100. The molecule has 0 radical (unpaired) electrons. The molecule has 0 aliphatic carbocycles. The van der Waals surface area contributed by atoms with Crippen LogP contribution in [0.25, 0.3) is 11.3 Å². The predicted octanol–water partition coefficient (Wildman–Crippen LogP) is 4.23. The summed E-state index contributed by atoms with van der Waals surface area (Å²) in [6.07, 6.45) is 6.02. The Morgan fingerprint density at radius 3 is 1.41 bits per heavy atom. The van der Waals surface area contributed by atoms with Gasteiger partial charge in [0, 0.05) is 30.4 Å². The molecule has 0 unspecified atom stereocenters. The van der Waals surface area contributed by atoms with Gasteiger partial charge < -0.3 is 10.0 Å². The van der Waals surface area contributed by atoms with Gasteiger partial charge in [0.05, 0.1) is 0 Å². The quantitative estimate of drug-likeness (QED) is 0.403. The van der Waals surface area contributed by atoms with Crippen molar-refractivity contribution in [1.82, 2.24) is 19.9 Å². The molecule has 4 aromatic rings. The summed E-state index contributed by atoms with van der Waals surface area (Å²) < 4.78 is 24.8. The molecule has 2 aromatic heterocycles. The van der Waals surface area contributed by atoms with Crippen molar-refractivity contribution in [3.63, 3.8) is 0 Å². The third-order valence-corrected chi connectivity index (χ3v) is 4.48. The van der Waals surface area contributed by atoms with Crippen molar-refractivity contribution in [3.8, 4) is 11.3 Å². The monoisotopic (exact) mass is 496 g/mol. The summed E-state index contributed by atoms with van der Waals surface area (Å²) in [4.78, 5) is 15.2.